The van der Waals surface area contributed by atoms with Gasteiger partial charge in [0.05, 0.1) is 0 Å². The Morgan fingerprint density at radius 1 is 1.33 bits per heavy atom. The SMILES string of the molecule is [O]OOC(=O)C(Cl)(Cl)Cl. The fourth-order valence-corrected chi connectivity index (χ4v) is 0.173. The summed E-state index contributed by atoms with van der Waals surface area (Å²) in [5, 5.41) is 11.7. The van der Waals surface area contributed by atoms with Crippen LogP contribution < -0.4 is 0 Å². The molecule has 0 N–H and O–H groups in total. The molecule has 0 heterocycles. The van der Waals surface area contributed by atoms with Crippen molar-refractivity contribution in [2.24, 2.45) is 0 Å². The van der Waals surface area contributed by atoms with Gasteiger partial charge in [-0.15, -0.1) is 0 Å². The maximum absolute atomic E-state index is 10.1. The molecule has 0 aliphatic carbocycles. The molecule has 53 valence electrons. The highest BCUT2D eigenvalue weighted by molar-refractivity contribution is 6.75. The molecule has 0 spiro atoms. The lowest BCUT2D eigenvalue weighted by Gasteiger charge is -2.03. The van der Waals surface area contributed by atoms with Crippen molar-refractivity contribution < 1.29 is 20.0 Å². The van der Waals surface area contributed by atoms with Gasteiger partial charge >= 0.3 is 5.97 Å². The molecule has 0 amide bonds. The molecule has 0 unspecified atom stereocenters. The number of alkyl halides is 3. The van der Waals surface area contributed by atoms with Gasteiger partial charge in [0.2, 0.25) is 0 Å². The standard InChI is InChI=1S/C2Cl3O4/c3-2(4,5)1(6)8-9-7. The molecule has 0 aromatic carbocycles. The summed E-state index contributed by atoms with van der Waals surface area (Å²) in [7, 11) is 0. The first kappa shape index (κ1) is 9.26. The Bertz CT molecular complexity index is 107. The summed E-state index contributed by atoms with van der Waals surface area (Å²) in [5.74, 6) is -1.37. The van der Waals surface area contributed by atoms with Gasteiger partial charge in [-0.05, 0) is 0 Å². The molecule has 0 rings (SSSR count). The van der Waals surface area contributed by atoms with Crippen LogP contribution in [0, 0.1) is 0 Å². The first-order valence-corrected chi connectivity index (χ1v) is 2.69. The number of carbonyl (C=O) groups excluding carboxylic acids is 1. The third kappa shape index (κ3) is 3.77. The van der Waals surface area contributed by atoms with E-state index >= 15 is 0 Å². The number of halogens is 3. The smallest absolute Gasteiger partial charge is 0.262 e. The highest BCUT2D eigenvalue weighted by Crippen LogP contribution is 2.27. The highest BCUT2D eigenvalue weighted by atomic mass is 35.6. The normalized spacial score (nSPS) is 11.1. The van der Waals surface area contributed by atoms with Crippen molar-refractivity contribution >= 4 is 40.8 Å². The molecule has 1 radical (unpaired) electrons. The van der Waals surface area contributed by atoms with Gasteiger partial charge in [-0.2, -0.15) is 0 Å². The molecule has 0 saturated heterocycles. The summed E-state index contributed by atoms with van der Waals surface area (Å²) in [4.78, 5) is 13.4. The predicted molar refractivity (Wildman–Crippen MR) is 28.2 cm³/mol. The molecule has 9 heavy (non-hydrogen) atoms. The molecule has 0 saturated carbocycles. The van der Waals surface area contributed by atoms with Crippen LogP contribution in [-0.2, 0) is 20.0 Å². The van der Waals surface area contributed by atoms with E-state index < -0.39 is 9.76 Å². The lowest BCUT2D eigenvalue weighted by molar-refractivity contribution is -0.500. The summed E-state index contributed by atoms with van der Waals surface area (Å²) < 4.78 is -2.26. The molecule has 0 aromatic heterocycles. The van der Waals surface area contributed by atoms with Gasteiger partial charge in [0, 0.05) is 10.3 Å². The van der Waals surface area contributed by atoms with Crippen molar-refractivity contribution in [3.8, 4) is 0 Å². The van der Waals surface area contributed by atoms with Crippen LogP contribution in [0.1, 0.15) is 0 Å². The van der Waals surface area contributed by atoms with E-state index in [9.17, 15) is 4.79 Å². The number of carbonyl (C=O) groups is 1. The Balaban J connectivity index is 3.74. The zero-order valence-electron chi connectivity index (χ0n) is 3.77. The van der Waals surface area contributed by atoms with Crippen molar-refractivity contribution in [3.05, 3.63) is 0 Å². The number of hydrogen-bond acceptors (Lipinski definition) is 3. The summed E-state index contributed by atoms with van der Waals surface area (Å²) >= 11 is 14.7. The first-order valence-electron chi connectivity index (χ1n) is 1.56. The van der Waals surface area contributed by atoms with Gasteiger partial charge in [0.1, 0.15) is 0 Å². The molecule has 0 fully saturated rings. The Hall–Kier alpha value is 0.260. The molecular weight excluding hydrogens is 194 g/mol. The minimum absolute atomic E-state index is 1.37. The van der Waals surface area contributed by atoms with Gasteiger partial charge in [-0.1, -0.05) is 34.8 Å². The van der Waals surface area contributed by atoms with E-state index in [4.69, 9.17) is 40.1 Å². The summed E-state index contributed by atoms with van der Waals surface area (Å²) in [6.45, 7) is 0. The topological polar surface area (TPSA) is 55.4 Å². The van der Waals surface area contributed by atoms with Gasteiger partial charge in [0.15, 0.2) is 0 Å². The van der Waals surface area contributed by atoms with E-state index in [1.807, 2.05) is 0 Å². The molecule has 4 nitrogen and oxygen atoms in total. The van der Waals surface area contributed by atoms with Crippen LogP contribution in [0.4, 0.5) is 0 Å². The third-order valence-corrected chi connectivity index (χ3v) is 0.804. The second kappa shape index (κ2) is 3.43. The van der Waals surface area contributed by atoms with Crippen LogP contribution in [0.3, 0.4) is 0 Å². The molecule has 0 bridgehead atoms. The van der Waals surface area contributed by atoms with Gasteiger partial charge in [-0.3, -0.25) is 4.89 Å². The minimum atomic E-state index is -2.26. The second-order valence-electron chi connectivity index (χ2n) is 0.937. The maximum atomic E-state index is 10.1. The second-order valence-corrected chi connectivity index (χ2v) is 3.22. The predicted octanol–water partition coefficient (Wildman–Crippen LogP) is 1.18. The first-order chi connectivity index (χ1) is 3.98. The Morgan fingerprint density at radius 2 is 1.78 bits per heavy atom. The molecule has 7 heteroatoms. The largest absolute Gasteiger partial charge is 0.396 e. The number of hydrogen-bond donors (Lipinski definition) is 0. The van der Waals surface area contributed by atoms with E-state index in [0.717, 1.165) is 0 Å². The fourth-order valence-electron chi connectivity index (χ4n) is 0.0781. The van der Waals surface area contributed by atoms with Crippen molar-refractivity contribution in [3.63, 3.8) is 0 Å². The highest BCUT2D eigenvalue weighted by Gasteiger charge is 2.34. The quantitative estimate of drug-likeness (QED) is 0.358. The monoisotopic (exact) mass is 193 g/mol. The Kier molecular flexibility index (Phi) is 3.53. The van der Waals surface area contributed by atoms with E-state index in [0.29, 0.717) is 0 Å². The molecular formula is C2Cl3O4. The molecule has 0 aromatic rings. The summed E-state index contributed by atoms with van der Waals surface area (Å²) in [5.41, 5.74) is 0. The zero-order valence-corrected chi connectivity index (χ0v) is 6.03. The minimum Gasteiger partial charge on any atom is -0.262 e. The average molecular weight is 194 g/mol. The summed E-state index contributed by atoms with van der Waals surface area (Å²) in [6.07, 6.45) is 0. The van der Waals surface area contributed by atoms with Crippen LogP contribution in [0.2, 0.25) is 0 Å². The Labute approximate surface area is 65.1 Å². The molecule has 0 aliphatic rings. The maximum Gasteiger partial charge on any atom is 0.396 e. The van der Waals surface area contributed by atoms with E-state index in [1.54, 1.807) is 0 Å². The third-order valence-electron chi connectivity index (χ3n) is 0.341. The fraction of sp³-hybridized carbons (Fsp3) is 0.500. The van der Waals surface area contributed by atoms with Crippen molar-refractivity contribution in [2.75, 3.05) is 0 Å². The van der Waals surface area contributed by atoms with Crippen molar-refractivity contribution in [1.82, 2.24) is 0 Å². The Morgan fingerprint density at radius 3 is 1.89 bits per heavy atom. The lowest BCUT2D eigenvalue weighted by atomic mass is 10.8. The zero-order chi connectivity index (χ0) is 7.49. The lowest BCUT2D eigenvalue weighted by Crippen LogP contribution is -2.21. The average Bonchev–Trinajstić information content (AvgIpc) is 1.64. The van der Waals surface area contributed by atoms with Crippen LogP contribution in [0.5, 0.6) is 0 Å². The van der Waals surface area contributed by atoms with E-state index in [1.165, 1.54) is 0 Å². The van der Waals surface area contributed by atoms with E-state index in [-0.39, 0.29) is 0 Å². The van der Waals surface area contributed by atoms with Crippen LogP contribution in [0.25, 0.3) is 0 Å². The molecule has 0 atom stereocenters. The van der Waals surface area contributed by atoms with Crippen LogP contribution >= 0.6 is 34.8 Å². The van der Waals surface area contributed by atoms with Crippen molar-refractivity contribution in [1.29, 1.82) is 0 Å². The summed E-state index contributed by atoms with van der Waals surface area (Å²) in [6, 6.07) is 0. The number of rotatable bonds is 1. The van der Waals surface area contributed by atoms with Gasteiger partial charge in [0.25, 0.3) is 3.79 Å². The van der Waals surface area contributed by atoms with Gasteiger partial charge in [-0.25, -0.2) is 4.79 Å². The van der Waals surface area contributed by atoms with Crippen LogP contribution in [0.15, 0.2) is 0 Å². The van der Waals surface area contributed by atoms with Gasteiger partial charge < -0.3 is 0 Å². The van der Waals surface area contributed by atoms with E-state index in [2.05, 4.69) is 9.93 Å². The molecule has 0 aliphatic heterocycles. The van der Waals surface area contributed by atoms with Crippen LogP contribution in [-0.4, -0.2) is 9.76 Å². The van der Waals surface area contributed by atoms with Crippen molar-refractivity contribution in [2.45, 2.75) is 3.79 Å².